The molecule has 0 heterocycles. The van der Waals surface area contributed by atoms with Gasteiger partial charge in [0.2, 0.25) is 0 Å². The summed E-state index contributed by atoms with van der Waals surface area (Å²) in [4.78, 5) is 0. The van der Waals surface area contributed by atoms with Crippen molar-refractivity contribution in [2.75, 3.05) is 12.0 Å². The van der Waals surface area contributed by atoms with Crippen molar-refractivity contribution in [2.24, 2.45) is 0 Å². The van der Waals surface area contributed by atoms with Crippen molar-refractivity contribution in [1.82, 2.24) is 0 Å². The molecule has 0 aliphatic heterocycles. The lowest BCUT2D eigenvalue weighted by atomic mass is 10.1. The quantitative estimate of drug-likeness (QED) is 0.926. The molecule has 16 heavy (non-hydrogen) atoms. The third-order valence-corrected chi connectivity index (χ3v) is 3.78. The maximum absolute atomic E-state index is 12.9. The summed E-state index contributed by atoms with van der Waals surface area (Å²) in [7, 11) is -3.12. The fourth-order valence-electron chi connectivity index (χ4n) is 1.25. The van der Waals surface area contributed by atoms with E-state index < -0.39 is 21.8 Å². The summed E-state index contributed by atoms with van der Waals surface area (Å²) in [5.74, 6) is -0.589. The van der Waals surface area contributed by atoms with E-state index in [2.05, 4.69) is 15.9 Å². The Kier molecular flexibility index (Phi) is 4.46. The molecule has 0 saturated heterocycles. The van der Waals surface area contributed by atoms with E-state index in [0.29, 0.717) is 10.0 Å². The standard InChI is InChI=1S/C10H12BrFO3S/c1-16(14,15)5-4-10(13)8-6-7(12)2-3-9(8)11/h2-3,6,10,13H,4-5H2,1H3. The molecule has 1 aromatic rings. The zero-order chi connectivity index (χ0) is 12.3. The number of halogens is 2. The molecule has 3 nitrogen and oxygen atoms in total. The lowest BCUT2D eigenvalue weighted by Crippen LogP contribution is -2.09. The van der Waals surface area contributed by atoms with Crippen molar-refractivity contribution in [3.63, 3.8) is 0 Å². The van der Waals surface area contributed by atoms with Crippen LogP contribution in [0.1, 0.15) is 18.1 Å². The Hall–Kier alpha value is -0.460. The van der Waals surface area contributed by atoms with Gasteiger partial charge in [0.1, 0.15) is 15.7 Å². The van der Waals surface area contributed by atoms with E-state index in [1.54, 1.807) is 0 Å². The Morgan fingerprint density at radius 3 is 2.69 bits per heavy atom. The van der Waals surface area contributed by atoms with Crippen molar-refractivity contribution in [1.29, 1.82) is 0 Å². The zero-order valence-electron chi connectivity index (χ0n) is 8.65. The molecular weight excluding hydrogens is 299 g/mol. The van der Waals surface area contributed by atoms with Gasteiger partial charge in [-0.25, -0.2) is 12.8 Å². The summed E-state index contributed by atoms with van der Waals surface area (Å²) in [5.41, 5.74) is 0.364. The maximum Gasteiger partial charge on any atom is 0.147 e. The fraction of sp³-hybridized carbons (Fsp3) is 0.400. The van der Waals surface area contributed by atoms with Crippen molar-refractivity contribution in [3.8, 4) is 0 Å². The molecule has 1 aromatic carbocycles. The van der Waals surface area contributed by atoms with Crippen molar-refractivity contribution in [2.45, 2.75) is 12.5 Å². The molecule has 0 amide bonds. The van der Waals surface area contributed by atoms with Crippen molar-refractivity contribution < 1.29 is 17.9 Å². The second kappa shape index (κ2) is 5.25. The SMILES string of the molecule is CS(=O)(=O)CCC(O)c1cc(F)ccc1Br. The molecule has 0 saturated carbocycles. The highest BCUT2D eigenvalue weighted by Crippen LogP contribution is 2.26. The molecule has 1 rings (SSSR count). The molecular formula is C10H12BrFO3S. The van der Waals surface area contributed by atoms with Crippen LogP contribution in [0, 0.1) is 5.82 Å². The maximum atomic E-state index is 12.9. The summed E-state index contributed by atoms with van der Waals surface area (Å²) in [6, 6.07) is 3.93. The number of hydrogen-bond donors (Lipinski definition) is 1. The normalized spacial score (nSPS) is 13.8. The lowest BCUT2D eigenvalue weighted by Gasteiger charge is -2.12. The largest absolute Gasteiger partial charge is 0.388 e. The summed E-state index contributed by atoms with van der Waals surface area (Å²) in [6.45, 7) is 0. The topological polar surface area (TPSA) is 54.4 Å². The summed E-state index contributed by atoms with van der Waals surface area (Å²) >= 11 is 3.18. The van der Waals surface area contributed by atoms with Gasteiger partial charge in [-0.2, -0.15) is 0 Å². The second-order valence-corrected chi connectivity index (χ2v) is 6.71. The number of sulfone groups is 1. The highest BCUT2D eigenvalue weighted by atomic mass is 79.9. The Balaban J connectivity index is 2.80. The Morgan fingerprint density at radius 1 is 1.50 bits per heavy atom. The van der Waals surface area contributed by atoms with E-state index in [-0.39, 0.29) is 12.2 Å². The molecule has 0 bridgehead atoms. The molecule has 0 aromatic heterocycles. The van der Waals surface area contributed by atoms with Crippen molar-refractivity contribution in [3.05, 3.63) is 34.1 Å². The van der Waals surface area contributed by atoms with Gasteiger partial charge in [-0.05, 0) is 30.2 Å². The Labute approximate surface area is 102 Å². The molecule has 0 aliphatic carbocycles. The van der Waals surface area contributed by atoms with Crippen LogP contribution in [-0.4, -0.2) is 25.5 Å². The highest BCUT2D eigenvalue weighted by Gasteiger charge is 2.14. The van der Waals surface area contributed by atoms with Gasteiger partial charge in [-0.1, -0.05) is 15.9 Å². The third-order valence-electron chi connectivity index (χ3n) is 2.08. The van der Waals surface area contributed by atoms with Crippen LogP contribution >= 0.6 is 15.9 Å². The molecule has 1 unspecified atom stereocenters. The summed E-state index contributed by atoms with van der Waals surface area (Å²) < 4.78 is 35.3. The highest BCUT2D eigenvalue weighted by molar-refractivity contribution is 9.10. The Bertz CT molecular complexity index is 473. The van der Waals surface area contributed by atoms with Crippen LogP contribution in [-0.2, 0) is 9.84 Å². The summed E-state index contributed by atoms with van der Waals surface area (Å²) in [5, 5.41) is 9.73. The van der Waals surface area contributed by atoms with E-state index in [1.807, 2.05) is 0 Å². The van der Waals surface area contributed by atoms with E-state index in [1.165, 1.54) is 18.2 Å². The average molecular weight is 311 g/mol. The number of aliphatic hydroxyl groups excluding tert-OH is 1. The molecule has 0 radical (unpaired) electrons. The molecule has 90 valence electrons. The van der Waals surface area contributed by atoms with E-state index in [0.717, 1.165) is 6.26 Å². The number of hydrogen-bond acceptors (Lipinski definition) is 3. The van der Waals surface area contributed by atoms with E-state index in [4.69, 9.17) is 0 Å². The third kappa shape index (κ3) is 4.19. The summed E-state index contributed by atoms with van der Waals surface area (Å²) in [6.07, 6.45) is 0.168. The van der Waals surface area contributed by atoms with Gasteiger partial charge in [-0.3, -0.25) is 0 Å². The molecule has 1 atom stereocenters. The van der Waals surface area contributed by atoms with Crippen LogP contribution in [0.2, 0.25) is 0 Å². The van der Waals surface area contributed by atoms with E-state index >= 15 is 0 Å². The number of rotatable bonds is 4. The van der Waals surface area contributed by atoms with Gasteiger partial charge in [0.15, 0.2) is 0 Å². The minimum absolute atomic E-state index is 0.0564. The van der Waals surface area contributed by atoms with Gasteiger partial charge in [0.25, 0.3) is 0 Å². The Morgan fingerprint density at radius 2 is 2.12 bits per heavy atom. The molecule has 0 aliphatic rings. The van der Waals surface area contributed by atoms with Gasteiger partial charge < -0.3 is 5.11 Å². The minimum atomic E-state index is -3.12. The molecule has 1 N–H and O–H groups in total. The van der Waals surface area contributed by atoms with Gasteiger partial charge in [0, 0.05) is 10.7 Å². The monoisotopic (exact) mass is 310 g/mol. The van der Waals surface area contributed by atoms with Gasteiger partial charge >= 0.3 is 0 Å². The smallest absolute Gasteiger partial charge is 0.147 e. The predicted octanol–water partition coefficient (Wildman–Crippen LogP) is 2.06. The van der Waals surface area contributed by atoms with Crippen LogP contribution < -0.4 is 0 Å². The molecule has 0 spiro atoms. The van der Waals surface area contributed by atoms with Crippen molar-refractivity contribution >= 4 is 25.8 Å². The second-order valence-electron chi connectivity index (χ2n) is 3.60. The fourth-order valence-corrected chi connectivity index (χ4v) is 2.41. The van der Waals surface area contributed by atoms with Crippen LogP contribution in [0.15, 0.2) is 22.7 Å². The van der Waals surface area contributed by atoms with Crippen LogP contribution in [0.5, 0.6) is 0 Å². The van der Waals surface area contributed by atoms with Gasteiger partial charge in [-0.15, -0.1) is 0 Å². The average Bonchev–Trinajstić information content (AvgIpc) is 2.17. The first-order valence-electron chi connectivity index (χ1n) is 4.60. The van der Waals surface area contributed by atoms with Gasteiger partial charge in [0.05, 0.1) is 11.9 Å². The number of aliphatic hydroxyl groups is 1. The van der Waals surface area contributed by atoms with E-state index in [9.17, 15) is 17.9 Å². The minimum Gasteiger partial charge on any atom is -0.388 e. The number of benzene rings is 1. The first-order chi connectivity index (χ1) is 7.29. The lowest BCUT2D eigenvalue weighted by molar-refractivity contribution is 0.173. The van der Waals surface area contributed by atoms with Crippen LogP contribution in [0.3, 0.4) is 0 Å². The van der Waals surface area contributed by atoms with Crippen LogP contribution in [0.25, 0.3) is 0 Å². The first-order valence-corrected chi connectivity index (χ1v) is 7.45. The first kappa shape index (κ1) is 13.6. The zero-order valence-corrected chi connectivity index (χ0v) is 11.1. The molecule has 6 heteroatoms. The van der Waals surface area contributed by atoms with Crippen LogP contribution in [0.4, 0.5) is 4.39 Å². The predicted molar refractivity (Wildman–Crippen MR) is 63.4 cm³/mol. The molecule has 0 fully saturated rings.